The molecule has 1 fully saturated rings. The normalized spacial score (nSPS) is 32.8. The zero-order valence-corrected chi connectivity index (χ0v) is 10.3. The minimum atomic E-state index is -0.115. The van der Waals surface area contributed by atoms with E-state index >= 15 is 0 Å². The second-order valence-electron chi connectivity index (χ2n) is 4.76. The molecule has 0 aromatic heterocycles. The van der Waals surface area contributed by atoms with Gasteiger partial charge in [0.15, 0.2) is 0 Å². The Hall–Kier alpha value is -0.570. The highest BCUT2D eigenvalue weighted by molar-refractivity contribution is 6.30. The Morgan fingerprint density at radius 3 is 2.38 bits per heavy atom. The lowest BCUT2D eigenvalue weighted by Gasteiger charge is -2.22. The molecule has 0 aliphatic heterocycles. The van der Waals surface area contributed by atoms with Crippen LogP contribution in [0.3, 0.4) is 0 Å². The van der Waals surface area contributed by atoms with E-state index in [2.05, 4.69) is 19.1 Å². The average molecular weight is 240 g/mol. The molecule has 0 heterocycles. The Labute approximate surface area is 101 Å². The number of benzene rings is 1. The van der Waals surface area contributed by atoms with Gasteiger partial charge in [-0.2, -0.15) is 0 Å². The van der Waals surface area contributed by atoms with Gasteiger partial charge in [-0.3, -0.25) is 0 Å². The molecule has 2 atom stereocenters. The van der Waals surface area contributed by atoms with Gasteiger partial charge in [-0.1, -0.05) is 30.7 Å². The molecule has 1 aliphatic rings. The van der Waals surface area contributed by atoms with Crippen molar-refractivity contribution in [2.24, 2.45) is 11.1 Å². The van der Waals surface area contributed by atoms with Crippen LogP contribution >= 0.6 is 11.6 Å². The molecule has 3 N–H and O–H groups in total. The summed E-state index contributed by atoms with van der Waals surface area (Å²) in [4.78, 5) is 0. The van der Waals surface area contributed by atoms with Gasteiger partial charge in [0.25, 0.3) is 0 Å². The number of aliphatic hydroxyl groups is 1. The monoisotopic (exact) mass is 239 g/mol. The van der Waals surface area contributed by atoms with Crippen LogP contribution < -0.4 is 5.73 Å². The van der Waals surface area contributed by atoms with Gasteiger partial charge < -0.3 is 10.8 Å². The van der Waals surface area contributed by atoms with Gasteiger partial charge in [-0.15, -0.1) is 0 Å². The van der Waals surface area contributed by atoms with Gasteiger partial charge in [0.1, 0.15) is 0 Å². The maximum Gasteiger partial charge on any atom is 0.0508 e. The first-order valence-corrected chi connectivity index (χ1v) is 6.09. The van der Waals surface area contributed by atoms with Crippen LogP contribution in [0.25, 0.3) is 0 Å². The Bertz CT molecular complexity index is 372. The summed E-state index contributed by atoms with van der Waals surface area (Å²) in [6.07, 6.45) is 1.98. The summed E-state index contributed by atoms with van der Waals surface area (Å²) in [6.45, 7) is 2.86. The van der Waals surface area contributed by atoms with Crippen molar-refractivity contribution in [2.75, 3.05) is 13.2 Å². The number of halogens is 1. The number of hydrogen-bond donors (Lipinski definition) is 2. The first-order valence-electron chi connectivity index (χ1n) is 5.71. The first-order chi connectivity index (χ1) is 7.64. The van der Waals surface area contributed by atoms with Crippen LogP contribution in [0.2, 0.25) is 5.02 Å². The zero-order valence-electron chi connectivity index (χ0n) is 9.54. The quantitative estimate of drug-likeness (QED) is 0.847. The molecule has 2 unspecified atom stereocenters. The van der Waals surface area contributed by atoms with E-state index in [1.165, 1.54) is 5.56 Å². The largest absolute Gasteiger partial charge is 0.396 e. The summed E-state index contributed by atoms with van der Waals surface area (Å²) >= 11 is 5.89. The molecule has 1 aromatic carbocycles. The number of nitrogens with two attached hydrogens (primary N) is 1. The van der Waals surface area contributed by atoms with Crippen molar-refractivity contribution in [3.63, 3.8) is 0 Å². The second kappa shape index (κ2) is 4.02. The van der Waals surface area contributed by atoms with E-state index < -0.39 is 0 Å². The molecule has 88 valence electrons. The predicted molar refractivity (Wildman–Crippen MR) is 66.6 cm³/mol. The minimum Gasteiger partial charge on any atom is -0.396 e. The highest BCUT2D eigenvalue weighted by Crippen LogP contribution is 2.65. The van der Waals surface area contributed by atoms with E-state index in [0.717, 1.165) is 17.9 Å². The Kier molecular flexibility index (Phi) is 2.99. The molecule has 0 saturated heterocycles. The molecule has 2 rings (SSSR count). The fraction of sp³-hybridized carbons (Fsp3) is 0.538. The third-order valence-electron chi connectivity index (χ3n) is 4.22. The summed E-state index contributed by atoms with van der Waals surface area (Å²) < 4.78 is 0. The minimum absolute atomic E-state index is 0.0566. The molecule has 1 saturated carbocycles. The lowest BCUT2D eigenvalue weighted by atomic mass is 9.84. The van der Waals surface area contributed by atoms with E-state index in [1.807, 2.05) is 12.1 Å². The van der Waals surface area contributed by atoms with Crippen molar-refractivity contribution in [3.8, 4) is 0 Å². The summed E-state index contributed by atoms with van der Waals surface area (Å²) in [5.41, 5.74) is 7.00. The van der Waals surface area contributed by atoms with Crippen molar-refractivity contribution in [3.05, 3.63) is 34.9 Å². The van der Waals surface area contributed by atoms with Crippen molar-refractivity contribution < 1.29 is 5.11 Å². The SMILES string of the molecule is CCC1(c2ccc(Cl)cc2)CC1(CN)CO. The number of rotatable bonds is 4. The predicted octanol–water partition coefficient (Wildman–Crippen LogP) is 2.33. The fourth-order valence-corrected chi connectivity index (χ4v) is 3.08. The van der Waals surface area contributed by atoms with Crippen molar-refractivity contribution in [1.82, 2.24) is 0 Å². The van der Waals surface area contributed by atoms with Gasteiger partial charge in [-0.05, 0) is 30.5 Å². The van der Waals surface area contributed by atoms with Crippen LogP contribution in [0.15, 0.2) is 24.3 Å². The lowest BCUT2D eigenvalue weighted by Crippen LogP contribution is -2.29. The molecule has 0 radical (unpaired) electrons. The Morgan fingerprint density at radius 1 is 1.38 bits per heavy atom. The first kappa shape index (κ1) is 11.9. The third-order valence-corrected chi connectivity index (χ3v) is 4.48. The Balaban J connectivity index is 2.35. The topological polar surface area (TPSA) is 46.2 Å². The fourth-order valence-electron chi connectivity index (χ4n) is 2.95. The van der Waals surface area contributed by atoms with E-state index in [-0.39, 0.29) is 17.4 Å². The summed E-state index contributed by atoms with van der Waals surface area (Å²) in [6, 6.07) is 7.92. The maximum absolute atomic E-state index is 9.53. The van der Waals surface area contributed by atoms with Crippen LogP contribution in [0.5, 0.6) is 0 Å². The molecule has 2 nitrogen and oxygen atoms in total. The second-order valence-corrected chi connectivity index (χ2v) is 5.20. The average Bonchev–Trinajstić information content (AvgIpc) is 3.00. The molecule has 3 heteroatoms. The van der Waals surface area contributed by atoms with Crippen LogP contribution in [-0.4, -0.2) is 18.3 Å². The highest BCUT2D eigenvalue weighted by atomic mass is 35.5. The van der Waals surface area contributed by atoms with Gasteiger partial charge in [0.05, 0.1) is 6.61 Å². The van der Waals surface area contributed by atoms with Gasteiger partial charge in [-0.25, -0.2) is 0 Å². The molecule has 0 amide bonds. The van der Waals surface area contributed by atoms with Crippen LogP contribution in [-0.2, 0) is 5.41 Å². The van der Waals surface area contributed by atoms with Crippen molar-refractivity contribution in [2.45, 2.75) is 25.2 Å². The number of aliphatic hydroxyl groups excluding tert-OH is 1. The summed E-state index contributed by atoms with van der Waals surface area (Å²) in [5, 5.41) is 10.3. The van der Waals surface area contributed by atoms with Crippen molar-refractivity contribution >= 4 is 11.6 Å². The zero-order chi connectivity index (χ0) is 11.8. The maximum atomic E-state index is 9.53. The van der Waals surface area contributed by atoms with E-state index in [1.54, 1.807) is 0 Å². The van der Waals surface area contributed by atoms with E-state index in [0.29, 0.717) is 6.54 Å². The molecular weight excluding hydrogens is 222 g/mol. The lowest BCUT2D eigenvalue weighted by molar-refractivity contribution is 0.193. The molecular formula is C13H18ClNO. The highest BCUT2D eigenvalue weighted by Gasteiger charge is 2.65. The van der Waals surface area contributed by atoms with Gasteiger partial charge >= 0.3 is 0 Å². The summed E-state index contributed by atoms with van der Waals surface area (Å²) in [5.74, 6) is 0. The van der Waals surface area contributed by atoms with Crippen LogP contribution in [0.1, 0.15) is 25.3 Å². The third kappa shape index (κ3) is 1.48. The molecule has 1 aliphatic carbocycles. The molecule has 0 spiro atoms. The van der Waals surface area contributed by atoms with Crippen molar-refractivity contribution in [1.29, 1.82) is 0 Å². The standard InChI is InChI=1S/C13H18ClNO/c1-2-13(7-12(13,8-15)9-16)10-3-5-11(14)6-4-10/h3-6,16H,2,7-9,15H2,1H3. The Morgan fingerprint density at radius 2 is 2.00 bits per heavy atom. The smallest absolute Gasteiger partial charge is 0.0508 e. The van der Waals surface area contributed by atoms with Gasteiger partial charge in [0, 0.05) is 22.4 Å². The summed E-state index contributed by atoms with van der Waals surface area (Å²) in [7, 11) is 0. The molecule has 1 aromatic rings. The van der Waals surface area contributed by atoms with E-state index in [4.69, 9.17) is 17.3 Å². The molecule has 0 bridgehead atoms. The van der Waals surface area contributed by atoms with Crippen LogP contribution in [0, 0.1) is 5.41 Å². The van der Waals surface area contributed by atoms with E-state index in [9.17, 15) is 5.11 Å². The number of hydrogen-bond acceptors (Lipinski definition) is 2. The molecule has 16 heavy (non-hydrogen) atoms. The van der Waals surface area contributed by atoms with Crippen LogP contribution in [0.4, 0.5) is 0 Å². The van der Waals surface area contributed by atoms with Gasteiger partial charge in [0.2, 0.25) is 0 Å².